The smallest absolute Gasteiger partial charge is 0.297 e. The molecule has 2 aromatic heterocycles. The Bertz CT molecular complexity index is 1450. The first-order valence-corrected chi connectivity index (χ1v) is 9.20. The molecule has 5 rings (SSSR count). The Morgan fingerprint density at radius 2 is 1.72 bits per heavy atom. The molecule has 0 spiro atoms. The molecule has 0 saturated carbocycles. The number of furan rings is 1. The van der Waals surface area contributed by atoms with Gasteiger partial charge in [0.2, 0.25) is 5.58 Å². The average molecular weight is 377 g/mol. The van der Waals surface area contributed by atoms with Gasteiger partial charge >= 0.3 is 0 Å². The van der Waals surface area contributed by atoms with Crippen LogP contribution in [-0.4, -0.2) is 9.55 Å². The molecule has 0 atom stereocenters. The fourth-order valence-electron chi connectivity index (χ4n) is 3.55. The first-order chi connectivity index (χ1) is 14.2. The standard InChI is InChI=1S/C24H15N3O2/c25-13-18-5-1-2-6-19(18)17-11-9-16(10-12-17)14-27-15-26-22-20-7-3-4-8-21(20)29-23(22)24(27)28/h1-12,15H,14H2. The highest BCUT2D eigenvalue weighted by atomic mass is 16.3. The molecule has 0 aliphatic rings. The van der Waals surface area contributed by atoms with E-state index in [9.17, 15) is 10.1 Å². The summed E-state index contributed by atoms with van der Waals surface area (Å²) >= 11 is 0. The zero-order valence-electron chi connectivity index (χ0n) is 15.4. The fraction of sp³-hybridized carbons (Fsp3) is 0.0417. The number of nitriles is 1. The summed E-state index contributed by atoms with van der Waals surface area (Å²) in [4.78, 5) is 17.3. The second kappa shape index (κ2) is 6.77. The van der Waals surface area contributed by atoms with Crippen LogP contribution in [0.5, 0.6) is 0 Å². The van der Waals surface area contributed by atoms with Crippen LogP contribution in [0, 0.1) is 11.3 Å². The molecule has 0 N–H and O–H groups in total. The first kappa shape index (κ1) is 17.0. The van der Waals surface area contributed by atoms with Gasteiger partial charge in [-0.3, -0.25) is 9.36 Å². The summed E-state index contributed by atoms with van der Waals surface area (Å²) < 4.78 is 7.28. The van der Waals surface area contributed by atoms with Crippen molar-refractivity contribution in [1.29, 1.82) is 5.26 Å². The van der Waals surface area contributed by atoms with Gasteiger partial charge in [0.25, 0.3) is 5.56 Å². The molecule has 0 unspecified atom stereocenters. The van der Waals surface area contributed by atoms with Crippen LogP contribution in [0.1, 0.15) is 11.1 Å². The summed E-state index contributed by atoms with van der Waals surface area (Å²) in [6.07, 6.45) is 1.56. The third-order valence-electron chi connectivity index (χ3n) is 5.02. The van der Waals surface area contributed by atoms with Gasteiger partial charge in [-0.05, 0) is 34.9 Å². The minimum Gasteiger partial charge on any atom is -0.448 e. The maximum Gasteiger partial charge on any atom is 0.297 e. The maximum atomic E-state index is 12.9. The Hall–Kier alpha value is -4.17. The van der Waals surface area contributed by atoms with Crippen LogP contribution in [0.25, 0.3) is 33.2 Å². The van der Waals surface area contributed by atoms with Crippen molar-refractivity contribution in [3.8, 4) is 17.2 Å². The van der Waals surface area contributed by atoms with E-state index in [2.05, 4.69) is 11.1 Å². The highest BCUT2D eigenvalue weighted by Gasteiger charge is 2.13. The van der Waals surface area contributed by atoms with Gasteiger partial charge in [0.15, 0.2) is 0 Å². The molecule has 0 bridgehead atoms. The van der Waals surface area contributed by atoms with Crippen molar-refractivity contribution in [2.75, 3.05) is 0 Å². The van der Waals surface area contributed by atoms with Crippen molar-refractivity contribution in [1.82, 2.24) is 9.55 Å². The summed E-state index contributed by atoms with van der Waals surface area (Å²) in [5.74, 6) is 0. The third-order valence-corrected chi connectivity index (χ3v) is 5.02. The van der Waals surface area contributed by atoms with Crippen LogP contribution >= 0.6 is 0 Å². The highest BCUT2D eigenvalue weighted by Crippen LogP contribution is 2.25. The molecule has 29 heavy (non-hydrogen) atoms. The molecule has 5 aromatic rings. The van der Waals surface area contributed by atoms with E-state index in [0.717, 1.165) is 22.1 Å². The van der Waals surface area contributed by atoms with E-state index in [-0.39, 0.29) is 11.1 Å². The zero-order chi connectivity index (χ0) is 19.8. The lowest BCUT2D eigenvalue weighted by atomic mass is 9.99. The van der Waals surface area contributed by atoms with E-state index in [4.69, 9.17) is 4.42 Å². The Morgan fingerprint density at radius 1 is 0.966 bits per heavy atom. The second-order valence-electron chi connectivity index (χ2n) is 6.81. The second-order valence-corrected chi connectivity index (χ2v) is 6.81. The number of aromatic nitrogens is 2. The minimum absolute atomic E-state index is 0.204. The molecule has 0 aliphatic heterocycles. The predicted octanol–water partition coefficient (Wildman–Crippen LogP) is 4.73. The van der Waals surface area contributed by atoms with Crippen LogP contribution in [0.3, 0.4) is 0 Å². The molecule has 2 heterocycles. The van der Waals surface area contributed by atoms with E-state index in [0.29, 0.717) is 23.2 Å². The molecular formula is C24H15N3O2. The van der Waals surface area contributed by atoms with Crippen molar-refractivity contribution in [2.24, 2.45) is 0 Å². The number of benzene rings is 3. The van der Waals surface area contributed by atoms with Gasteiger partial charge in [-0.1, -0.05) is 54.6 Å². The molecule has 0 radical (unpaired) electrons. The van der Waals surface area contributed by atoms with Gasteiger partial charge in [-0.25, -0.2) is 4.98 Å². The normalized spacial score (nSPS) is 11.0. The monoisotopic (exact) mass is 377 g/mol. The van der Waals surface area contributed by atoms with Crippen molar-refractivity contribution < 1.29 is 4.42 Å². The van der Waals surface area contributed by atoms with Crippen LogP contribution in [-0.2, 0) is 6.54 Å². The van der Waals surface area contributed by atoms with E-state index in [1.807, 2.05) is 66.7 Å². The topological polar surface area (TPSA) is 71.8 Å². The molecular weight excluding hydrogens is 362 g/mol. The highest BCUT2D eigenvalue weighted by molar-refractivity contribution is 6.01. The number of para-hydroxylation sites is 1. The molecule has 5 heteroatoms. The Kier molecular flexibility index (Phi) is 3.96. The Balaban J connectivity index is 1.50. The lowest BCUT2D eigenvalue weighted by Crippen LogP contribution is -2.20. The molecule has 0 fully saturated rings. The largest absolute Gasteiger partial charge is 0.448 e. The van der Waals surface area contributed by atoms with Crippen molar-refractivity contribution in [2.45, 2.75) is 6.54 Å². The molecule has 0 saturated heterocycles. The average Bonchev–Trinajstić information content (AvgIpc) is 3.16. The van der Waals surface area contributed by atoms with Crippen molar-refractivity contribution in [3.05, 3.63) is 101 Å². The number of fused-ring (bicyclic) bond motifs is 3. The number of rotatable bonds is 3. The van der Waals surface area contributed by atoms with Gasteiger partial charge in [-0.2, -0.15) is 5.26 Å². The van der Waals surface area contributed by atoms with Crippen LogP contribution in [0.4, 0.5) is 0 Å². The van der Waals surface area contributed by atoms with Crippen LogP contribution < -0.4 is 5.56 Å². The van der Waals surface area contributed by atoms with E-state index in [1.54, 1.807) is 17.0 Å². The van der Waals surface area contributed by atoms with Gasteiger partial charge in [0.05, 0.1) is 24.5 Å². The lowest BCUT2D eigenvalue weighted by molar-refractivity contribution is 0.642. The van der Waals surface area contributed by atoms with E-state index < -0.39 is 0 Å². The van der Waals surface area contributed by atoms with Crippen LogP contribution in [0.15, 0.2) is 88.3 Å². The van der Waals surface area contributed by atoms with E-state index in [1.165, 1.54) is 0 Å². The van der Waals surface area contributed by atoms with Gasteiger partial charge in [-0.15, -0.1) is 0 Å². The molecule has 138 valence electrons. The summed E-state index contributed by atoms with van der Waals surface area (Å²) in [6.45, 7) is 0.388. The third kappa shape index (κ3) is 2.88. The number of nitrogens with zero attached hydrogens (tertiary/aromatic N) is 3. The Labute approximate surface area is 166 Å². The SMILES string of the molecule is N#Cc1ccccc1-c1ccc(Cn2cnc3c(oc4ccccc43)c2=O)cc1. The van der Waals surface area contributed by atoms with Gasteiger partial charge < -0.3 is 4.42 Å². The van der Waals surface area contributed by atoms with Crippen molar-refractivity contribution >= 4 is 22.1 Å². The summed E-state index contributed by atoms with van der Waals surface area (Å²) in [5, 5.41) is 10.1. The summed E-state index contributed by atoms with van der Waals surface area (Å²) in [5.41, 5.74) is 4.76. The number of hydrogen-bond acceptors (Lipinski definition) is 4. The number of hydrogen-bond donors (Lipinski definition) is 0. The predicted molar refractivity (Wildman–Crippen MR) is 111 cm³/mol. The quantitative estimate of drug-likeness (QED) is 0.456. The van der Waals surface area contributed by atoms with Crippen molar-refractivity contribution in [3.63, 3.8) is 0 Å². The lowest BCUT2D eigenvalue weighted by Gasteiger charge is -2.08. The molecule has 0 amide bonds. The zero-order valence-corrected chi connectivity index (χ0v) is 15.4. The summed E-state index contributed by atoms with van der Waals surface area (Å²) in [7, 11) is 0. The Morgan fingerprint density at radius 3 is 2.55 bits per heavy atom. The van der Waals surface area contributed by atoms with E-state index >= 15 is 0 Å². The molecule has 3 aromatic carbocycles. The molecule has 5 nitrogen and oxygen atoms in total. The van der Waals surface area contributed by atoms with Gasteiger partial charge in [0.1, 0.15) is 11.1 Å². The van der Waals surface area contributed by atoms with Crippen LogP contribution in [0.2, 0.25) is 0 Å². The fourth-order valence-corrected chi connectivity index (χ4v) is 3.55. The van der Waals surface area contributed by atoms with Gasteiger partial charge in [0, 0.05) is 5.39 Å². The molecule has 0 aliphatic carbocycles. The summed E-state index contributed by atoms with van der Waals surface area (Å²) in [6, 6.07) is 25.1. The minimum atomic E-state index is -0.204. The first-order valence-electron chi connectivity index (χ1n) is 9.20. The maximum absolute atomic E-state index is 12.9.